The first kappa shape index (κ1) is 20.1. The van der Waals surface area contributed by atoms with E-state index in [-0.39, 0.29) is 18.0 Å². The molecule has 2 aromatic rings. The van der Waals surface area contributed by atoms with Gasteiger partial charge in [0, 0.05) is 5.69 Å². The van der Waals surface area contributed by atoms with Gasteiger partial charge in [0.1, 0.15) is 5.75 Å². The highest BCUT2D eigenvalue weighted by Crippen LogP contribution is 2.30. The van der Waals surface area contributed by atoms with Crippen LogP contribution in [0, 0.1) is 0 Å². The molecule has 0 aliphatic rings. The predicted molar refractivity (Wildman–Crippen MR) is 88.7 cm³/mol. The number of hydrogen-bond acceptors (Lipinski definition) is 4. The van der Waals surface area contributed by atoms with Crippen LogP contribution in [-0.2, 0) is 11.0 Å². The fourth-order valence-corrected chi connectivity index (χ4v) is 1.94. The molecule has 0 saturated heterocycles. The zero-order valence-corrected chi connectivity index (χ0v) is 13.6. The van der Waals surface area contributed by atoms with Gasteiger partial charge < -0.3 is 10.1 Å². The second kappa shape index (κ2) is 8.97. The molecular formula is C17H14F5N3O2. The summed E-state index contributed by atoms with van der Waals surface area (Å²) in [6.45, 7) is -3.21. The number of carbonyl (C=O) groups is 1. The first-order valence-corrected chi connectivity index (χ1v) is 7.52. The second-order valence-electron chi connectivity index (χ2n) is 5.17. The number of ether oxygens (including phenoxy) is 1. The first-order valence-electron chi connectivity index (χ1n) is 7.52. The number of benzene rings is 2. The Kier molecular flexibility index (Phi) is 6.69. The molecule has 144 valence electrons. The number of hydrogen-bond donors (Lipinski definition) is 2. The Labute approximate surface area is 150 Å². The third-order valence-corrected chi connectivity index (χ3v) is 3.15. The summed E-state index contributed by atoms with van der Waals surface area (Å²) in [6.07, 6.45) is -3.20. The third-order valence-electron chi connectivity index (χ3n) is 3.15. The Bertz CT molecular complexity index is 792. The molecule has 0 aliphatic carbocycles. The Balaban J connectivity index is 1.81. The zero-order chi connectivity index (χ0) is 19.9. The van der Waals surface area contributed by atoms with Crippen LogP contribution >= 0.6 is 0 Å². The number of anilines is 1. The van der Waals surface area contributed by atoms with E-state index < -0.39 is 24.3 Å². The summed E-state index contributed by atoms with van der Waals surface area (Å²) in [4.78, 5) is 11.7. The molecule has 0 heterocycles. The molecule has 0 fully saturated rings. The number of halogens is 5. The molecular weight excluding hydrogens is 373 g/mol. The van der Waals surface area contributed by atoms with Crippen LogP contribution in [0.25, 0.3) is 0 Å². The van der Waals surface area contributed by atoms with Crippen LogP contribution in [0.1, 0.15) is 11.1 Å². The Morgan fingerprint density at radius 3 is 2.48 bits per heavy atom. The fourth-order valence-electron chi connectivity index (χ4n) is 1.94. The molecule has 2 rings (SSSR count). The van der Waals surface area contributed by atoms with Crippen LogP contribution in [0.15, 0.2) is 53.6 Å². The van der Waals surface area contributed by atoms with Crippen molar-refractivity contribution >= 4 is 17.8 Å². The van der Waals surface area contributed by atoms with E-state index in [0.717, 1.165) is 12.1 Å². The van der Waals surface area contributed by atoms with E-state index in [1.807, 2.05) is 0 Å². The number of nitrogens with zero attached hydrogens (tertiary/aromatic N) is 1. The normalized spacial score (nSPS) is 11.6. The standard InChI is InChI=1S/C17H14F5N3O2/c18-16(19)27-14-6-4-11(5-7-14)9-24-25-15(26)10-23-13-3-1-2-12(8-13)17(20,21)22/h1-9,16,23H,10H2,(H,25,26)/b24-9+. The minimum atomic E-state index is -4.47. The molecule has 27 heavy (non-hydrogen) atoms. The van der Waals surface area contributed by atoms with E-state index in [9.17, 15) is 26.7 Å². The molecule has 0 saturated carbocycles. The Hall–Kier alpha value is -3.17. The monoisotopic (exact) mass is 387 g/mol. The lowest BCUT2D eigenvalue weighted by Gasteiger charge is -2.10. The van der Waals surface area contributed by atoms with Crippen LogP contribution in [-0.4, -0.2) is 25.3 Å². The smallest absolute Gasteiger partial charge is 0.416 e. The minimum absolute atomic E-state index is 0.0172. The molecule has 2 aromatic carbocycles. The summed E-state index contributed by atoms with van der Waals surface area (Å²) in [7, 11) is 0. The molecule has 0 aliphatic heterocycles. The molecule has 5 nitrogen and oxygen atoms in total. The lowest BCUT2D eigenvalue weighted by Crippen LogP contribution is -2.26. The summed E-state index contributed by atoms with van der Waals surface area (Å²) in [5, 5.41) is 6.23. The summed E-state index contributed by atoms with van der Waals surface area (Å²) < 4.78 is 66.1. The van der Waals surface area contributed by atoms with Crippen LogP contribution in [0.4, 0.5) is 27.6 Å². The van der Waals surface area contributed by atoms with Crippen LogP contribution in [0.3, 0.4) is 0 Å². The van der Waals surface area contributed by atoms with E-state index in [1.165, 1.54) is 42.6 Å². The van der Waals surface area contributed by atoms with Gasteiger partial charge in [0.25, 0.3) is 5.91 Å². The van der Waals surface area contributed by atoms with E-state index in [1.54, 1.807) is 0 Å². The molecule has 2 N–H and O–H groups in total. The number of carbonyl (C=O) groups excluding carboxylic acids is 1. The lowest BCUT2D eigenvalue weighted by atomic mass is 10.2. The zero-order valence-electron chi connectivity index (χ0n) is 13.6. The SMILES string of the molecule is O=C(CNc1cccc(C(F)(F)F)c1)N/N=C/c1ccc(OC(F)F)cc1. The van der Waals surface area contributed by atoms with Crippen LogP contribution in [0.5, 0.6) is 5.75 Å². The molecule has 10 heteroatoms. The lowest BCUT2D eigenvalue weighted by molar-refractivity contribution is -0.137. The molecule has 0 spiro atoms. The molecule has 0 atom stereocenters. The van der Waals surface area contributed by atoms with Crippen molar-refractivity contribution in [2.45, 2.75) is 12.8 Å². The van der Waals surface area contributed by atoms with Gasteiger partial charge in [-0.2, -0.15) is 27.1 Å². The van der Waals surface area contributed by atoms with Gasteiger partial charge in [0.2, 0.25) is 0 Å². The molecule has 0 unspecified atom stereocenters. The van der Waals surface area contributed by atoms with Gasteiger partial charge in [-0.25, -0.2) is 5.43 Å². The van der Waals surface area contributed by atoms with Gasteiger partial charge in [0.05, 0.1) is 18.3 Å². The van der Waals surface area contributed by atoms with Gasteiger partial charge in [-0.1, -0.05) is 6.07 Å². The van der Waals surface area contributed by atoms with Crippen molar-refractivity contribution in [3.63, 3.8) is 0 Å². The van der Waals surface area contributed by atoms with E-state index in [4.69, 9.17) is 0 Å². The highest BCUT2D eigenvalue weighted by atomic mass is 19.4. The maximum absolute atomic E-state index is 12.6. The van der Waals surface area contributed by atoms with Crippen molar-refractivity contribution in [1.29, 1.82) is 0 Å². The fraction of sp³-hybridized carbons (Fsp3) is 0.176. The van der Waals surface area contributed by atoms with Crippen molar-refractivity contribution < 1.29 is 31.5 Å². The van der Waals surface area contributed by atoms with Crippen molar-refractivity contribution in [2.75, 3.05) is 11.9 Å². The second-order valence-corrected chi connectivity index (χ2v) is 5.17. The summed E-state index contributed by atoms with van der Waals surface area (Å²) >= 11 is 0. The topological polar surface area (TPSA) is 62.7 Å². The van der Waals surface area contributed by atoms with Gasteiger partial charge in [-0.15, -0.1) is 0 Å². The van der Waals surface area contributed by atoms with Crippen LogP contribution in [0.2, 0.25) is 0 Å². The third kappa shape index (κ3) is 6.92. The Morgan fingerprint density at radius 2 is 1.85 bits per heavy atom. The molecule has 0 radical (unpaired) electrons. The first-order chi connectivity index (χ1) is 12.7. The number of amides is 1. The summed E-state index contributed by atoms with van der Waals surface area (Å²) in [6, 6.07) is 9.96. The van der Waals surface area contributed by atoms with Gasteiger partial charge in [-0.05, 0) is 48.0 Å². The summed E-state index contributed by atoms with van der Waals surface area (Å²) in [5.74, 6) is -0.599. The number of alkyl halides is 5. The van der Waals surface area contributed by atoms with Crippen molar-refractivity contribution in [3.8, 4) is 5.75 Å². The van der Waals surface area contributed by atoms with E-state index in [2.05, 4.69) is 20.6 Å². The maximum Gasteiger partial charge on any atom is 0.416 e. The quantitative estimate of drug-likeness (QED) is 0.431. The van der Waals surface area contributed by atoms with Crippen molar-refractivity contribution in [3.05, 3.63) is 59.7 Å². The minimum Gasteiger partial charge on any atom is -0.435 e. The highest BCUT2D eigenvalue weighted by molar-refractivity contribution is 5.84. The average molecular weight is 387 g/mol. The largest absolute Gasteiger partial charge is 0.435 e. The average Bonchev–Trinajstić information content (AvgIpc) is 2.60. The number of hydrazone groups is 1. The van der Waals surface area contributed by atoms with Gasteiger partial charge in [0.15, 0.2) is 0 Å². The number of rotatable bonds is 7. The van der Waals surface area contributed by atoms with Crippen molar-refractivity contribution in [2.24, 2.45) is 5.10 Å². The Morgan fingerprint density at radius 1 is 1.15 bits per heavy atom. The van der Waals surface area contributed by atoms with E-state index >= 15 is 0 Å². The maximum atomic E-state index is 12.6. The molecule has 0 bridgehead atoms. The molecule has 0 aromatic heterocycles. The van der Waals surface area contributed by atoms with E-state index in [0.29, 0.717) is 5.56 Å². The van der Waals surface area contributed by atoms with Gasteiger partial charge in [-0.3, -0.25) is 4.79 Å². The van der Waals surface area contributed by atoms with Gasteiger partial charge >= 0.3 is 12.8 Å². The summed E-state index contributed by atoms with van der Waals surface area (Å²) in [5.41, 5.74) is 2.01. The molecule has 1 amide bonds. The number of nitrogens with one attached hydrogen (secondary N) is 2. The highest BCUT2D eigenvalue weighted by Gasteiger charge is 2.30. The predicted octanol–water partition coefficient (Wildman–Crippen LogP) is 3.87. The van der Waals surface area contributed by atoms with Crippen molar-refractivity contribution in [1.82, 2.24) is 5.43 Å². The van der Waals surface area contributed by atoms with Crippen LogP contribution < -0.4 is 15.5 Å².